The zero-order valence-corrected chi connectivity index (χ0v) is 14.2. The van der Waals surface area contributed by atoms with Gasteiger partial charge in [-0.1, -0.05) is 11.6 Å². The maximum Gasteiger partial charge on any atom is 0.171 e. The van der Waals surface area contributed by atoms with Crippen molar-refractivity contribution in [3.05, 3.63) is 42.7 Å². The minimum atomic E-state index is 0.581. The van der Waals surface area contributed by atoms with Gasteiger partial charge in [-0.05, 0) is 47.8 Å². The summed E-state index contributed by atoms with van der Waals surface area (Å²) in [5.74, 6) is 2.54. The van der Waals surface area contributed by atoms with E-state index < -0.39 is 0 Å². The Labute approximate surface area is 134 Å². The van der Waals surface area contributed by atoms with Gasteiger partial charge < -0.3 is 9.47 Å². The standard InChI is InChI=1S/C12H4Br3ClO2/c13-5-1-9-10(2-6(5)14)18-12-4-8(16)7(15)3-11(12)17-9/h1-4H. The highest BCUT2D eigenvalue weighted by Gasteiger charge is 2.21. The Kier molecular flexibility index (Phi) is 3.34. The fraction of sp³-hybridized carbons (Fsp3) is 0. The lowest BCUT2D eigenvalue weighted by Crippen LogP contribution is -1.99. The van der Waals surface area contributed by atoms with Crippen molar-refractivity contribution < 1.29 is 9.47 Å². The first-order chi connectivity index (χ1) is 8.54. The van der Waals surface area contributed by atoms with E-state index in [0.29, 0.717) is 28.0 Å². The summed E-state index contributed by atoms with van der Waals surface area (Å²) >= 11 is 16.2. The normalized spacial score (nSPS) is 12.2. The molecule has 2 nitrogen and oxygen atoms in total. The summed E-state index contributed by atoms with van der Waals surface area (Å²) < 4.78 is 14.1. The van der Waals surface area contributed by atoms with E-state index in [1.54, 1.807) is 12.1 Å². The second-order valence-electron chi connectivity index (χ2n) is 3.63. The fourth-order valence-electron chi connectivity index (χ4n) is 1.58. The zero-order valence-electron chi connectivity index (χ0n) is 8.64. The first-order valence-corrected chi connectivity index (χ1v) is 7.64. The number of benzene rings is 2. The van der Waals surface area contributed by atoms with Gasteiger partial charge in [-0.3, -0.25) is 0 Å². The minimum Gasteiger partial charge on any atom is -0.449 e. The van der Waals surface area contributed by atoms with Crippen molar-refractivity contribution in [3.63, 3.8) is 0 Å². The molecule has 1 aliphatic heterocycles. The smallest absolute Gasteiger partial charge is 0.171 e. The SMILES string of the molecule is Clc1cc2c(cc1Br)Oc1cc(Br)c(Br)cc1O2. The number of rotatable bonds is 0. The molecular formula is C12H4Br3ClO2. The van der Waals surface area contributed by atoms with Crippen LogP contribution < -0.4 is 9.47 Å². The third-order valence-corrected chi connectivity index (χ3v) is 5.45. The fourth-order valence-corrected chi connectivity index (χ4v) is 2.70. The van der Waals surface area contributed by atoms with Gasteiger partial charge in [-0.15, -0.1) is 0 Å². The monoisotopic (exact) mass is 452 g/mol. The molecule has 0 radical (unpaired) electrons. The van der Waals surface area contributed by atoms with E-state index in [4.69, 9.17) is 21.1 Å². The van der Waals surface area contributed by atoms with E-state index in [0.717, 1.165) is 13.4 Å². The first-order valence-electron chi connectivity index (χ1n) is 4.88. The molecule has 0 unspecified atom stereocenters. The summed E-state index contributed by atoms with van der Waals surface area (Å²) in [6.07, 6.45) is 0. The highest BCUT2D eigenvalue weighted by Crippen LogP contribution is 2.49. The van der Waals surface area contributed by atoms with Crippen molar-refractivity contribution in [2.24, 2.45) is 0 Å². The number of hydrogen-bond acceptors (Lipinski definition) is 2. The predicted molar refractivity (Wildman–Crippen MR) is 81.1 cm³/mol. The van der Waals surface area contributed by atoms with Crippen molar-refractivity contribution in [2.75, 3.05) is 0 Å². The van der Waals surface area contributed by atoms with Crippen LogP contribution in [0, 0.1) is 0 Å². The van der Waals surface area contributed by atoms with Gasteiger partial charge in [0.2, 0.25) is 0 Å². The molecule has 2 aromatic rings. The molecule has 0 fully saturated rings. The second-order valence-corrected chi connectivity index (χ2v) is 6.60. The number of fused-ring (bicyclic) bond motifs is 2. The number of hydrogen-bond donors (Lipinski definition) is 0. The van der Waals surface area contributed by atoms with Crippen LogP contribution in [-0.4, -0.2) is 0 Å². The van der Waals surface area contributed by atoms with Crippen LogP contribution in [0.25, 0.3) is 0 Å². The largest absolute Gasteiger partial charge is 0.449 e. The van der Waals surface area contributed by atoms with E-state index in [-0.39, 0.29) is 0 Å². The number of halogens is 4. The maximum atomic E-state index is 6.03. The van der Waals surface area contributed by atoms with Gasteiger partial charge in [0.25, 0.3) is 0 Å². The van der Waals surface area contributed by atoms with E-state index in [2.05, 4.69) is 47.8 Å². The van der Waals surface area contributed by atoms with Crippen LogP contribution in [0.4, 0.5) is 0 Å². The quantitative estimate of drug-likeness (QED) is 0.384. The summed E-state index contributed by atoms with van der Waals surface area (Å²) in [5, 5.41) is 0.581. The molecule has 3 rings (SSSR count). The molecule has 0 saturated carbocycles. The third kappa shape index (κ3) is 2.18. The molecule has 0 spiro atoms. The first kappa shape index (κ1) is 12.8. The molecule has 92 valence electrons. The summed E-state index contributed by atoms with van der Waals surface area (Å²) in [7, 11) is 0. The minimum absolute atomic E-state index is 0.581. The van der Waals surface area contributed by atoms with Crippen LogP contribution in [0.3, 0.4) is 0 Å². The Morgan fingerprint density at radius 3 is 1.56 bits per heavy atom. The highest BCUT2D eigenvalue weighted by atomic mass is 79.9. The maximum absolute atomic E-state index is 6.03. The van der Waals surface area contributed by atoms with Gasteiger partial charge in [-0.2, -0.15) is 0 Å². The van der Waals surface area contributed by atoms with E-state index >= 15 is 0 Å². The zero-order chi connectivity index (χ0) is 12.9. The van der Waals surface area contributed by atoms with Gasteiger partial charge in [0.05, 0.1) is 5.02 Å². The average Bonchev–Trinajstić information content (AvgIpc) is 2.31. The molecule has 0 amide bonds. The summed E-state index contributed by atoms with van der Waals surface area (Å²) in [5.41, 5.74) is 0. The Balaban J connectivity index is 2.12. The van der Waals surface area contributed by atoms with Crippen LogP contribution >= 0.6 is 59.4 Å². The lowest BCUT2D eigenvalue weighted by atomic mass is 10.2. The van der Waals surface area contributed by atoms with Crippen molar-refractivity contribution in [2.45, 2.75) is 0 Å². The highest BCUT2D eigenvalue weighted by molar-refractivity contribution is 9.13. The lowest BCUT2D eigenvalue weighted by Gasteiger charge is -2.21. The summed E-state index contributed by atoms with van der Waals surface area (Å²) in [6, 6.07) is 7.21. The Morgan fingerprint density at radius 2 is 1.06 bits per heavy atom. The molecule has 18 heavy (non-hydrogen) atoms. The molecule has 0 aromatic heterocycles. The molecule has 2 aromatic carbocycles. The molecule has 0 aliphatic carbocycles. The molecule has 0 bridgehead atoms. The van der Waals surface area contributed by atoms with E-state index in [1.807, 2.05) is 12.1 Å². The van der Waals surface area contributed by atoms with E-state index in [9.17, 15) is 0 Å². The second kappa shape index (κ2) is 4.71. The topological polar surface area (TPSA) is 18.5 Å². The Hall–Kier alpha value is -0.230. The lowest BCUT2D eigenvalue weighted by molar-refractivity contribution is 0.359. The van der Waals surface area contributed by atoms with Crippen molar-refractivity contribution in [1.29, 1.82) is 0 Å². The van der Waals surface area contributed by atoms with Crippen molar-refractivity contribution >= 4 is 59.4 Å². The third-order valence-electron chi connectivity index (χ3n) is 2.41. The van der Waals surface area contributed by atoms with Crippen LogP contribution in [0.15, 0.2) is 37.7 Å². The molecular weight excluding hydrogens is 451 g/mol. The predicted octanol–water partition coefficient (Wildman–Crippen LogP) is 6.53. The molecule has 6 heteroatoms. The Bertz CT molecular complexity index is 547. The van der Waals surface area contributed by atoms with Gasteiger partial charge in [0.1, 0.15) is 0 Å². The molecule has 1 aliphatic rings. The number of ether oxygens (including phenoxy) is 2. The van der Waals surface area contributed by atoms with E-state index in [1.165, 1.54) is 0 Å². The van der Waals surface area contributed by atoms with Crippen molar-refractivity contribution in [3.8, 4) is 23.0 Å². The van der Waals surface area contributed by atoms with Crippen LogP contribution in [0.5, 0.6) is 23.0 Å². The summed E-state index contributed by atoms with van der Waals surface area (Å²) in [4.78, 5) is 0. The van der Waals surface area contributed by atoms with Crippen LogP contribution in [-0.2, 0) is 0 Å². The molecule has 0 atom stereocenters. The van der Waals surface area contributed by atoms with Gasteiger partial charge in [0.15, 0.2) is 23.0 Å². The van der Waals surface area contributed by atoms with Crippen LogP contribution in [0.2, 0.25) is 5.02 Å². The van der Waals surface area contributed by atoms with Crippen LogP contribution in [0.1, 0.15) is 0 Å². The molecule has 1 heterocycles. The Morgan fingerprint density at radius 1 is 0.667 bits per heavy atom. The van der Waals surface area contributed by atoms with Gasteiger partial charge in [0, 0.05) is 37.7 Å². The van der Waals surface area contributed by atoms with Gasteiger partial charge in [-0.25, -0.2) is 0 Å². The molecule has 0 saturated heterocycles. The van der Waals surface area contributed by atoms with Gasteiger partial charge >= 0.3 is 0 Å². The van der Waals surface area contributed by atoms with Crippen molar-refractivity contribution in [1.82, 2.24) is 0 Å². The molecule has 0 N–H and O–H groups in total. The summed E-state index contributed by atoms with van der Waals surface area (Å²) in [6.45, 7) is 0. The average molecular weight is 455 g/mol.